The van der Waals surface area contributed by atoms with Crippen molar-refractivity contribution in [1.29, 1.82) is 0 Å². The first-order chi connectivity index (χ1) is 26.8. The van der Waals surface area contributed by atoms with E-state index in [1.807, 2.05) is 13.8 Å². The number of rotatable bonds is 29. The van der Waals surface area contributed by atoms with Gasteiger partial charge in [-0.3, -0.25) is 28.8 Å². The van der Waals surface area contributed by atoms with Gasteiger partial charge in [0.25, 0.3) is 0 Å². The van der Waals surface area contributed by atoms with Gasteiger partial charge in [-0.2, -0.15) is 0 Å². The fourth-order valence-electron chi connectivity index (χ4n) is 6.22. The fraction of sp³-hybridized carbons (Fsp3) is 0.548. The molecule has 14 heteroatoms. The molecule has 0 saturated carbocycles. The zero-order valence-electron chi connectivity index (χ0n) is 33.0. The molecule has 2 rings (SSSR count). The van der Waals surface area contributed by atoms with Gasteiger partial charge in [-0.1, -0.05) is 115 Å². The van der Waals surface area contributed by atoms with E-state index in [9.17, 15) is 38.7 Å². The Kier molecular flexibility index (Phi) is 22.2. The van der Waals surface area contributed by atoms with Crippen LogP contribution < -0.4 is 32.7 Å². The van der Waals surface area contributed by atoms with Crippen LogP contribution in [-0.4, -0.2) is 64.6 Å². The minimum absolute atomic E-state index is 0.0482. The van der Waals surface area contributed by atoms with E-state index in [-0.39, 0.29) is 30.6 Å². The van der Waals surface area contributed by atoms with E-state index in [1.54, 1.807) is 54.6 Å². The van der Waals surface area contributed by atoms with Gasteiger partial charge in [0.1, 0.15) is 18.1 Å². The van der Waals surface area contributed by atoms with E-state index in [2.05, 4.69) is 21.3 Å². The Balaban J connectivity index is 1.54. The number of nitrogens with two attached hydrogens (primary N) is 2. The first kappa shape index (κ1) is 46.9. The number of carbonyl (C=O) groups is 7. The molecule has 308 valence electrons. The number of hydrogen-bond acceptors (Lipinski definition) is 7. The lowest BCUT2D eigenvalue weighted by atomic mass is 9.97. The van der Waals surface area contributed by atoms with E-state index >= 15 is 0 Å². The monoisotopic (exact) mass is 778 g/mol. The van der Waals surface area contributed by atoms with Gasteiger partial charge in [0.15, 0.2) is 0 Å². The van der Waals surface area contributed by atoms with Crippen molar-refractivity contribution in [3.05, 3.63) is 65.7 Å². The molecule has 0 bridgehead atoms. The Labute approximate surface area is 330 Å². The Bertz CT molecular complexity index is 1550. The van der Waals surface area contributed by atoms with E-state index in [1.165, 1.54) is 0 Å². The molecule has 0 aliphatic rings. The van der Waals surface area contributed by atoms with Gasteiger partial charge in [0, 0.05) is 30.5 Å². The average molecular weight is 779 g/mol. The highest BCUT2D eigenvalue weighted by atomic mass is 16.4. The normalized spacial score (nSPS) is 13.0. The molecular formula is C42H62N6O8. The molecule has 0 unspecified atom stereocenters. The minimum atomic E-state index is -1.26. The number of carboxylic acid groups (broad SMARTS) is 1. The van der Waals surface area contributed by atoms with Crippen LogP contribution in [0.2, 0.25) is 0 Å². The first-order valence-electron chi connectivity index (χ1n) is 20.0. The number of benzene rings is 2. The molecule has 9 N–H and O–H groups in total. The van der Waals surface area contributed by atoms with Gasteiger partial charge < -0.3 is 37.8 Å². The molecule has 0 radical (unpaired) electrons. The van der Waals surface area contributed by atoms with Crippen LogP contribution >= 0.6 is 0 Å². The van der Waals surface area contributed by atoms with Gasteiger partial charge in [-0.15, -0.1) is 0 Å². The molecular weight excluding hydrogens is 716 g/mol. The molecule has 2 aromatic carbocycles. The van der Waals surface area contributed by atoms with Gasteiger partial charge in [-0.05, 0) is 48.6 Å². The highest BCUT2D eigenvalue weighted by Gasteiger charge is 2.28. The van der Waals surface area contributed by atoms with Crippen molar-refractivity contribution >= 4 is 47.1 Å². The van der Waals surface area contributed by atoms with Crippen LogP contribution in [-0.2, 0) is 35.2 Å². The lowest BCUT2D eigenvalue weighted by Gasteiger charge is -2.23. The summed E-state index contributed by atoms with van der Waals surface area (Å²) in [5, 5.41) is 20.3. The summed E-state index contributed by atoms with van der Waals surface area (Å²) in [7, 11) is 0. The van der Waals surface area contributed by atoms with Crippen molar-refractivity contribution in [3.8, 4) is 0 Å². The number of unbranched alkanes of at least 4 members (excludes halogenated alkanes) is 11. The summed E-state index contributed by atoms with van der Waals surface area (Å²) in [4.78, 5) is 85.7. The summed E-state index contributed by atoms with van der Waals surface area (Å²) in [5.74, 6) is -4.23. The predicted molar refractivity (Wildman–Crippen MR) is 215 cm³/mol. The smallest absolute Gasteiger partial charge is 0.326 e. The average Bonchev–Trinajstić information content (AvgIpc) is 3.16. The highest BCUT2D eigenvalue weighted by Crippen LogP contribution is 2.16. The van der Waals surface area contributed by atoms with Gasteiger partial charge in [0.05, 0.1) is 6.42 Å². The van der Waals surface area contributed by atoms with Gasteiger partial charge >= 0.3 is 5.97 Å². The molecule has 0 aromatic heterocycles. The quantitative estimate of drug-likeness (QED) is 0.0560. The largest absolute Gasteiger partial charge is 0.480 e. The molecule has 0 aliphatic carbocycles. The summed E-state index contributed by atoms with van der Waals surface area (Å²) in [6, 6.07) is 12.0. The van der Waals surface area contributed by atoms with E-state index in [0.29, 0.717) is 29.7 Å². The van der Waals surface area contributed by atoms with E-state index < -0.39 is 54.1 Å². The summed E-state index contributed by atoms with van der Waals surface area (Å²) < 4.78 is 0. The number of anilines is 1. The summed E-state index contributed by atoms with van der Waals surface area (Å²) >= 11 is 0. The molecule has 56 heavy (non-hydrogen) atoms. The van der Waals surface area contributed by atoms with Crippen molar-refractivity contribution in [2.24, 2.45) is 17.4 Å². The van der Waals surface area contributed by atoms with Gasteiger partial charge in [-0.25, -0.2) is 4.79 Å². The third-order valence-electron chi connectivity index (χ3n) is 9.76. The summed E-state index contributed by atoms with van der Waals surface area (Å²) in [6.07, 6.45) is 12.7. The van der Waals surface area contributed by atoms with E-state index in [0.717, 1.165) is 77.0 Å². The lowest BCUT2D eigenvalue weighted by Crippen LogP contribution is -2.53. The van der Waals surface area contributed by atoms with Crippen LogP contribution in [0, 0.1) is 5.92 Å². The molecule has 0 heterocycles. The Morgan fingerprint density at radius 3 is 1.59 bits per heavy atom. The number of amides is 6. The number of nitrogens with one attached hydrogen (secondary N) is 4. The third-order valence-corrected chi connectivity index (χ3v) is 9.76. The van der Waals surface area contributed by atoms with Crippen molar-refractivity contribution in [2.45, 2.75) is 141 Å². The third kappa shape index (κ3) is 19.4. The summed E-state index contributed by atoms with van der Waals surface area (Å²) in [6.45, 7) is 3.90. The minimum Gasteiger partial charge on any atom is -0.480 e. The van der Waals surface area contributed by atoms with Crippen LogP contribution in [0.15, 0.2) is 54.6 Å². The summed E-state index contributed by atoms with van der Waals surface area (Å²) in [5.41, 5.74) is 12.2. The molecule has 0 fully saturated rings. The number of primary amides is 2. The predicted octanol–water partition coefficient (Wildman–Crippen LogP) is 4.89. The number of hydrogen-bond donors (Lipinski definition) is 7. The molecule has 4 atom stereocenters. The Morgan fingerprint density at radius 2 is 1.12 bits per heavy atom. The lowest BCUT2D eigenvalue weighted by molar-refractivity contribution is -0.142. The maximum absolute atomic E-state index is 13.0. The molecule has 0 saturated heterocycles. The van der Waals surface area contributed by atoms with Crippen molar-refractivity contribution in [1.82, 2.24) is 16.0 Å². The highest BCUT2D eigenvalue weighted by molar-refractivity contribution is 5.98. The molecule has 0 aliphatic heterocycles. The Hall–Kier alpha value is -5.27. The SMILES string of the molecule is CC[C@H](C)[C@H](NC(=O)CCCCCCCCCCCCCCC(=O)N[C@@H](CC(N)=O)C(=O)N[C@@H](Cc1ccccc1)C(=O)O)C(=O)Nc1ccc(C(N)=O)cc1. The topological polar surface area (TPSA) is 240 Å². The van der Waals surface area contributed by atoms with Crippen LogP contribution in [0.4, 0.5) is 5.69 Å². The Morgan fingerprint density at radius 1 is 0.625 bits per heavy atom. The second-order valence-corrected chi connectivity index (χ2v) is 14.5. The molecule has 14 nitrogen and oxygen atoms in total. The second kappa shape index (κ2) is 26.5. The zero-order valence-corrected chi connectivity index (χ0v) is 33.0. The molecule has 0 spiro atoms. The van der Waals surface area contributed by atoms with Crippen LogP contribution in [0.25, 0.3) is 0 Å². The molecule has 2 aromatic rings. The maximum Gasteiger partial charge on any atom is 0.326 e. The second-order valence-electron chi connectivity index (χ2n) is 14.5. The maximum atomic E-state index is 13.0. The number of carboxylic acids is 1. The van der Waals surface area contributed by atoms with Crippen LogP contribution in [0.3, 0.4) is 0 Å². The van der Waals surface area contributed by atoms with E-state index in [4.69, 9.17) is 11.5 Å². The van der Waals surface area contributed by atoms with Crippen LogP contribution in [0.1, 0.15) is 133 Å². The molecule has 6 amide bonds. The number of carbonyl (C=O) groups excluding carboxylic acids is 6. The van der Waals surface area contributed by atoms with Crippen molar-refractivity contribution < 1.29 is 38.7 Å². The first-order valence-corrected chi connectivity index (χ1v) is 20.0. The fourth-order valence-corrected chi connectivity index (χ4v) is 6.22. The van der Waals surface area contributed by atoms with Crippen molar-refractivity contribution in [3.63, 3.8) is 0 Å². The standard InChI is InChI=1S/C42H62N6O8/c1-3-29(2)38(41(54)45-32-25-23-31(24-26-32)39(44)52)48-37(51)22-18-13-11-9-7-5-4-6-8-10-12-17-21-36(50)46-33(28-35(43)49)40(53)47-34(42(55)56)27-30-19-15-14-16-20-30/h14-16,19-20,23-26,29,33-34,38H,3-13,17-18,21-22,27-28H2,1-2H3,(H2,43,49)(H2,44,52)(H,45,54)(H,46,50)(H,47,53)(H,48,51)(H,55,56)/t29-,33-,34-,38-/m0/s1. The van der Waals surface area contributed by atoms with Crippen molar-refractivity contribution in [2.75, 3.05) is 5.32 Å². The number of aliphatic carboxylic acids is 1. The van der Waals surface area contributed by atoms with Gasteiger partial charge in [0.2, 0.25) is 35.4 Å². The van der Waals surface area contributed by atoms with Crippen LogP contribution in [0.5, 0.6) is 0 Å². The zero-order chi connectivity index (χ0) is 41.3.